The summed E-state index contributed by atoms with van der Waals surface area (Å²) in [4.78, 5) is 13.0. The zero-order chi connectivity index (χ0) is 23.3. The zero-order valence-electron chi connectivity index (χ0n) is 18.1. The van der Waals surface area contributed by atoms with Crippen LogP contribution in [-0.4, -0.2) is 32.8 Å². The first kappa shape index (κ1) is 23.8. The van der Waals surface area contributed by atoms with Gasteiger partial charge in [0.05, 0.1) is 18.0 Å². The van der Waals surface area contributed by atoms with E-state index in [9.17, 15) is 13.2 Å². The summed E-state index contributed by atoms with van der Waals surface area (Å²) in [5.74, 6) is 0.229. The van der Waals surface area contributed by atoms with Crippen LogP contribution >= 0.6 is 11.6 Å². The lowest BCUT2D eigenvalue weighted by Gasteiger charge is -2.20. The first-order chi connectivity index (χ1) is 15.2. The van der Waals surface area contributed by atoms with Crippen LogP contribution in [0.2, 0.25) is 5.02 Å². The highest BCUT2D eigenvalue weighted by Gasteiger charge is 2.22. The predicted octanol–water partition coefficient (Wildman–Crippen LogP) is 4.66. The van der Waals surface area contributed by atoms with Gasteiger partial charge in [0.25, 0.3) is 5.91 Å². The van der Waals surface area contributed by atoms with Gasteiger partial charge in [-0.1, -0.05) is 41.9 Å². The molecule has 0 radical (unpaired) electrons. The highest BCUT2D eigenvalue weighted by atomic mass is 35.5. The third-order valence-electron chi connectivity index (χ3n) is 5.10. The maximum atomic E-state index is 12.9. The Morgan fingerprint density at radius 1 is 1.06 bits per heavy atom. The summed E-state index contributed by atoms with van der Waals surface area (Å²) < 4.78 is 32.4. The minimum absolute atomic E-state index is 0.0499. The maximum Gasteiger partial charge on any atom is 0.251 e. The van der Waals surface area contributed by atoms with E-state index in [4.69, 9.17) is 16.3 Å². The van der Waals surface area contributed by atoms with Gasteiger partial charge >= 0.3 is 0 Å². The van der Waals surface area contributed by atoms with Crippen LogP contribution in [0.1, 0.15) is 34.5 Å². The van der Waals surface area contributed by atoms with E-state index in [1.54, 1.807) is 60.7 Å². The SMILES string of the molecule is COc1ccc(C(=O)N[C@@H](C)c2ccc(Cl)cc2)cc1CN(C)S(=O)(=O)c1ccccc1. The van der Waals surface area contributed by atoms with Gasteiger partial charge < -0.3 is 10.1 Å². The molecule has 6 nitrogen and oxygen atoms in total. The van der Waals surface area contributed by atoms with E-state index in [1.165, 1.54) is 18.5 Å². The van der Waals surface area contributed by atoms with E-state index in [-0.39, 0.29) is 23.4 Å². The molecule has 0 saturated carbocycles. The van der Waals surface area contributed by atoms with Crippen LogP contribution in [0.25, 0.3) is 0 Å². The van der Waals surface area contributed by atoms with Crippen molar-refractivity contribution in [2.24, 2.45) is 0 Å². The second-order valence-corrected chi connectivity index (χ2v) is 9.83. The highest BCUT2D eigenvalue weighted by Crippen LogP contribution is 2.25. The summed E-state index contributed by atoms with van der Waals surface area (Å²) in [7, 11) is -0.683. The second kappa shape index (κ2) is 10.2. The Morgan fingerprint density at radius 2 is 1.72 bits per heavy atom. The summed E-state index contributed by atoms with van der Waals surface area (Å²) >= 11 is 5.93. The number of carbonyl (C=O) groups excluding carboxylic acids is 1. The number of carbonyl (C=O) groups is 1. The molecular formula is C24H25ClN2O4S. The monoisotopic (exact) mass is 472 g/mol. The molecule has 8 heteroatoms. The molecule has 0 fully saturated rings. The Bertz CT molecular complexity index is 1180. The average Bonchev–Trinajstić information content (AvgIpc) is 2.79. The molecule has 0 unspecified atom stereocenters. The van der Waals surface area contributed by atoms with Gasteiger partial charge in [-0.15, -0.1) is 0 Å². The number of ether oxygens (including phenoxy) is 1. The number of rotatable bonds is 8. The lowest BCUT2D eigenvalue weighted by molar-refractivity contribution is 0.0939. The van der Waals surface area contributed by atoms with Crippen LogP contribution in [0.3, 0.4) is 0 Å². The van der Waals surface area contributed by atoms with Crippen molar-refractivity contribution in [2.45, 2.75) is 24.4 Å². The summed E-state index contributed by atoms with van der Waals surface area (Å²) in [6, 6.07) is 20.2. The third kappa shape index (κ3) is 5.48. The summed E-state index contributed by atoms with van der Waals surface area (Å²) in [6.45, 7) is 1.93. The number of nitrogens with one attached hydrogen (secondary N) is 1. The number of methoxy groups -OCH3 is 1. The van der Waals surface area contributed by atoms with E-state index in [2.05, 4.69) is 5.32 Å². The number of halogens is 1. The minimum Gasteiger partial charge on any atom is -0.496 e. The number of hydrogen-bond acceptors (Lipinski definition) is 4. The number of nitrogens with zero attached hydrogens (tertiary/aromatic N) is 1. The molecule has 3 aromatic carbocycles. The van der Waals surface area contributed by atoms with E-state index in [0.29, 0.717) is 21.9 Å². The van der Waals surface area contributed by atoms with Gasteiger partial charge in [0.1, 0.15) is 5.75 Å². The average molecular weight is 473 g/mol. The molecule has 1 amide bonds. The number of hydrogen-bond donors (Lipinski definition) is 1. The molecule has 0 spiro atoms. The molecule has 3 aromatic rings. The standard InChI is InChI=1S/C24H25ClN2O4S/c1-17(18-9-12-21(25)13-10-18)26-24(28)19-11-14-23(31-3)20(15-19)16-27(2)32(29,30)22-7-5-4-6-8-22/h4-15,17H,16H2,1-3H3,(H,26,28)/t17-/m0/s1. The Labute approximate surface area is 193 Å². The van der Waals surface area contributed by atoms with Crippen LogP contribution in [0.5, 0.6) is 5.75 Å². The molecule has 1 atom stereocenters. The molecule has 0 heterocycles. The lowest BCUT2D eigenvalue weighted by Crippen LogP contribution is -2.28. The van der Waals surface area contributed by atoms with Crippen LogP contribution in [0, 0.1) is 0 Å². The van der Waals surface area contributed by atoms with Crippen molar-refractivity contribution < 1.29 is 17.9 Å². The Balaban J connectivity index is 1.80. The zero-order valence-corrected chi connectivity index (χ0v) is 19.7. The van der Waals surface area contributed by atoms with E-state index in [1.807, 2.05) is 19.1 Å². The highest BCUT2D eigenvalue weighted by molar-refractivity contribution is 7.89. The second-order valence-electron chi connectivity index (χ2n) is 7.35. The van der Waals surface area contributed by atoms with Gasteiger partial charge in [-0.05, 0) is 55.0 Å². The predicted molar refractivity (Wildman–Crippen MR) is 125 cm³/mol. The van der Waals surface area contributed by atoms with Crippen molar-refractivity contribution in [1.82, 2.24) is 9.62 Å². The van der Waals surface area contributed by atoms with Crippen molar-refractivity contribution in [3.63, 3.8) is 0 Å². The van der Waals surface area contributed by atoms with E-state index in [0.717, 1.165) is 5.56 Å². The van der Waals surface area contributed by atoms with Gasteiger partial charge in [-0.3, -0.25) is 4.79 Å². The maximum absolute atomic E-state index is 12.9. The van der Waals surface area contributed by atoms with Crippen molar-refractivity contribution in [3.05, 3.63) is 94.5 Å². The fraction of sp³-hybridized carbons (Fsp3) is 0.208. The minimum atomic E-state index is -3.69. The molecule has 1 N–H and O–H groups in total. The normalized spacial score (nSPS) is 12.4. The summed E-state index contributed by atoms with van der Waals surface area (Å²) in [6.07, 6.45) is 0. The van der Waals surface area contributed by atoms with E-state index < -0.39 is 10.0 Å². The van der Waals surface area contributed by atoms with Crippen LogP contribution < -0.4 is 10.1 Å². The molecule has 0 aromatic heterocycles. The molecule has 0 bridgehead atoms. The Hall–Kier alpha value is -2.87. The van der Waals surface area contributed by atoms with Gasteiger partial charge in [0.2, 0.25) is 10.0 Å². The van der Waals surface area contributed by atoms with Crippen molar-refractivity contribution in [3.8, 4) is 5.75 Å². The number of benzene rings is 3. The van der Waals surface area contributed by atoms with Gasteiger partial charge in [0, 0.05) is 29.7 Å². The first-order valence-electron chi connectivity index (χ1n) is 9.97. The van der Waals surface area contributed by atoms with Gasteiger partial charge in [-0.25, -0.2) is 8.42 Å². The fourth-order valence-corrected chi connectivity index (χ4v) is 4.55. The summed E-state index contributed by atoms with van der Waals surface area (Å²) in [5.41, 5.74) is 1.92. The third-order valence-corrected chi connectivity index (χ3v) is 7.17. The molecular weight excluding hydrogens is 448 g/mol. The van der Waals surface area contributed by atoms with Crippen molar-refractivity contribution >= 4 is 27.5 Å². The molecule has 168 valence electrons. The van der Waals surface area contributed by atoms with Crippen molar-refractivity contribution in [2.75, 3.05) is 14.2 Å². The van der Waals surface area contributed by atoms with Crippen LogP contribution in [0.4, 0.5) is 0 Å². The largest absolute Gasteiger partial charge is 0.496 e. The van der Waals surface area contributed by atoms with Crippen LogP contribution in [0.15, 0.2) is 77.7 Å². The number of amides is 1. The van der Waals surface area contributed by atoms with Crippen LogP contribution in [-0.2, 0) is 16.6 Å². The fourth-order valence-electron chi connectivity index (χ4n) is 3.26. The van der Waals surface area contributed by atoms with E-state index >= 15 is 0 Å². The quantitative estimate of drug-likeness (QED) is 0.517. The molecule has 0 saturated heterocycles. The Morgan fingerprint density at radius 3 is 2.34 bits per heavy atom. The molecule has 3 rings (SSSR count). The van der Waals surface area contributed by atoms with Gasteiger partial charge in [-0.2, -0.15) is 4.31 Å². The van der Waals surface area contributed by atoms with Crippen molar-refractivity contribution in [1.29, 1.82) is 0 Å². The summed E-state index contributed by atoms with van der Waals surface area (Å²) in [5, 5.41) is 3.58. The molecule has 0 aliphatic carbocycles. The molecule has 0 aliphatic heterocycles. The lowest BCUT2D eigenvalue weighted by atomic mass is 10.1. The van der Waals surface area contributed by atoms with Gasteiger partial charge in [0.15, 0.2) is 0 Å². The molecule has 32 heavy (non-hydrogen) atoms. The topological polar surface area (TPSA) is 75.7 Å². The first-order valence-corrected chi connectivity index (χ1v) is 11.8. The number of sulfonamides is 1. The smallest absolute Gasteiger partial charge is 0.251 e. The molecule has 0 aliphatic rings. The Kier molecular flexibility index (Phi) is 7.56.